The first-order valence-corrected chi connectivity index (χ1v) is 8.91. The summed E-state index contributed by atoms with van der Waals surface area (Å²) in [7, 11) is 0. The van der Waals surface area contributed by atoms with Gasteiger partial charge < -0.3 is 10.6 Å². The van der Waals surface area contributed by atoms with Crippen molar-refractivity contribution in [2.45, 2.75) is 53.1 Å². The molecule has 9 nitrogen and oxygen atoms in total. The Morgan fingerprint density at radius 1 is 1.33 bits per heavy atom. The molecule has 0 aromatic carbocycles. The van der Waals surface area contributed by atoms with Crippen LogP contribution in [-0.4, -0.2) is 42.9 Å². The Hall–Kier alpha value is -2.97. The highest BCUT2D eigenvalue weighted by molar-refractivity contribution is 5.96. The Kier molecular flexibility index (Phi) is 4.86. The number of hydrogen-bond donors (Lipinski definition) is 2. The highest BCUT2D eigenvalue weighted by Crippen LogP contribution is 2.22. The van der Waals surface area contributed by atoms with Crippen LogP contribution in [0.5, 0.6) is 0 Å². The number of hydrogen-bond acceptors (Lipinski definition) is 6. The second kappa shape index (κ2) is 6.98. The third-order valence-corrected chi connectivity index (χ3v) is 5.01. The van der Waals surface area contributed by atoms with Crippen LogP contribution in [-0.2, 0) is 17.8 Å². The molecule has 1 atom stereocenters. The van der Waals surface area contributed by atoms with E-state index in [1.807, 2.05) is 13.8 Å². The van der Waals surface area contributed by atoms with Gasteiger partial charge in [0.1, 0.15) is 0 Å². The van der Waals surface area contributed by atoms with Crippen molar-refractivity contribution in [2.24, 2.45) is 0 Å². The minimum atomic E-state index is -0.239. The number of aryl methyl sites for hydroxylation is 1. The summed E-state index contributed by atoms with van der Waals surface area (Å²) in [6, 6.07) is -0.192. The monoisotopic (exact) mass is 372 g/mol. The lowest BCUT2D eigenvalue weighted by molar-refractivity contribution is -0.133. The van der Waals surface area contributed by atoms with Gasteiger partial charge in [-0.15, -0.1) is 0 Å². The van der Waals surface area contributed by atoms with Crippen molar-refractivity contribution < 1.29 is 9.59 Å². The van der Waals surface area contributed by atoms with Gasteiger partial charge in [0.05, 0.1) is 29.5 Å². The van der Waals surface area contributed by atoms with E-state index in [0.717, 1.165) is 5.69 Å². The van der Waals surface area contributed by atoms with Crippen molar-refractivity contribution in [3.05, 3.63) is 38.6 Å². The molecule has 144 valence electrons. The van der Waals surface area contributed by atoms with Gasteiger partial charge in [-0.2, -0.15) is 5.10 Å². The maximum Gasteiger partial charge on any atom is 0.255 e. The Morgan fingerprint density at radius 2 is 2.04 bits per heavy atom. The Bertz CT molecular complexity index is 974. The van der Waals surface area contributed by atoms with Crippen molar-refractivity contribution in [3.8, 4) is 0 Å². The number of fused-ring (bicyclic) bond motifs is 1. The van der Waals surface area contributed by atoms with Gasteiger partial charge in [0.25, 0.3) is 5.56 Å². The van der Waals surface area contributed by atoms with Gasteiger partial charge in [0.15, 0.2) is 5.78 Å². The van der Waals surface area contributed by atoms with E-state index >= 15 is 0 Å². The molecule has 9 heteroatoms. The van der Waals surface area contributed by atoms with Gasteiger partial charge in [0, 0.05) is 24.2 Å². The van der Waals surface area contributed by atoms with Crippen LogP contribution in [0.15, 0.2) is 4.79 Å². The fourth-order valence-corrected chi connectivity index (χ4v) is 3.74. The molecule has 0 saturated heterocycles. The number of amides is 1. The molecule has 0 aliphatic carbocycles. The molecule has 3 heterocycles. The second-order valence-electron chi connectivity index (χ2n) is 7.04. The smallest absolute Gasteiger partial charge is 0.255 e. The minimum absolute atomic E-state index is 0.0312. The number of nitrogens with zero attached hydrogens (tertiary/aromatic N) is 4. The maximum atomic E-state index is 12.8. The molecule has 1 unspecified atom stereocenters. The molecular formula is C18H24N6O3. The Balaban J connectivity index is 1.75. The molecule has 2 aromatic rings. The summed E-state index contributed by atoms with van der Waals surface area (Å²) >= 11 is 0. The number of anilines is 1. The Labute approximate surface area is 156 Å². The molecule has 0 radical (unpaired) electrons. The number of nitrogens with two attached hydrogens (primary N) is 1. The summed E-state index contributed by atoms with van der Waals surface area (Å²) in [6.07, 6.45) is 0.694. The van der Waals surface area contributed by atoms with Crippen LogP contribution in [0.25, 0.3) is 0 Å². The standard InChI is InChI=1S/C18H24N6O3/c1-9(24-11(3)16(12(4)25)10(2)22-24)7-15(26)23-6-5-13-14(8-23)20-18(19)21-17(13)27/h9H,5-8H2,1-4H3,(H3,19,20,21,27). The zero-order chi connectivity index (χ0) is 19.9. The number of carbonyl (C=O) groups excluding carboxylic acids is 2. The number of ketones is 1. The van der Waals surface area contributed by atoms with Crippen LogP contribution in [0, 0.1) is 13.8 Å². The average molecular weight is 372 g/mol. The van der Waals surface area contributed by atoms with Crippen LogP contribution in [0.4, 0.5) is 5.95 Å². The first-order valence-electron chi connectivity index (χ1n) is 8.91. The van der Waals surface area contributed by atoms with Crippen molar-refractivity contribution in [1.82, 2.24) is 24.6 Å². The molecule has 1 aliphatic heterocycles. The zero-order valence-corrected chi connectivity index (χ0v) is 16.0. The van der Waals surface area contributed by atoms with Gasteiger partial charge in [-0.1, -0.05) is 0 Å². The predicted molar refractivity (Wildman–Crippen MR) is 99.4 cm³/mol. The maximum absolute atomic E-state index is 12.8. The molecule has 0 fully saturated rings. The SMILES string of the molecule is CC(=O)c1c(C)nn(C(C)CC(=O)N2CCc3c(nc(N)[nH]c3=O)C2)c1C. The lowest BCUT2D eigenvalue weighted by Crippen LogP contribution is -2.40. The number of nitrogen functional groups attached to an aromatic ring is 1. The predicted octanol–water partition coefficient (Wildman–Crippen LogP) is 0.904. The third-order valence-electron chi connectivity index (χ3n) is 5.01. The number of rotatable bonds is 4. The van der Waals surface area contributed by atoms with E-state index < -0.39 is 0 Å². The summed E-state index contributed by atoms with van der Waals surface area (Å²) in [5.41, 5.74) is 8.56. The van der Waals surface area contributed by atoms with Crippen LogP contribution in [0.2, 0.25) is 0 Å². The molecule has 0 bridgehead atoms. The molecule has 27 heavy (non-hydrogen) atoms. The van der Waals surface area contributed by atoms with Gasteiger partial charge in [-0.25, -0.2) is 4.98 Å². The normalized spacial score (nSPS) is 14.7. The van der Waals surface area contributed by atoms with E-state index in [4.69, 9.17) is 5.73 Å². The van der Waals surface area contributed by atoms with Crippen LogP contribution >= 0.6 is 0 Å². The molecule has 1 amide bonds. The first-order chi connectivity index (χ1) is 12.7. The number of aromatic amines is 1. The van der Waals surface area contributed by atoms with Crippen LogP contribution < -0.4 is 11.3 Å². The summed E-state index contributed by atoms with van der Waals surface area (Å²) in [5, 5.41) is 4.44. The lowest BCUT2D eigenvalue weighted by atomic mass is 10.1. The number of Topliss-reactive ketones (excluding diaryl/α,β-unsaturated/α-hetero) is 1. The van der Waals surface area contributed by atoms with E-state index in [9.17, 15) is 14.4 Å². The fourth-order valence-electron chi connectivity index (χ4n) is 3.74. The van der Waals surface area contributed by atoms with Gasteiger partial charge in [-0.3, -0.25) is 24.0 Å². The zero-order valence-electron chi connectivity index (χ0n) is 16.0. The van der Waals surface area contributed by atoms with Crippen molar-refractivity contribution in [1.29, 1.82) is 0 Å². The summed E-state index contributed by atoms with van der Waals surface area (Å²) in [6.45, 7) is 7.79. The minimum Gasteiger partial charge on any atom is -0.369 e. The largest absolute Gasteiger partial charge is 0.369 e. The van der Waals surface area contributed by atoms with Crippen molar-refractivity contribution >= 4 is 17.6 Å². The third kappa shape index (κ3) is 3.49. The summed E-state index contributed by atoms with van der Waals surface area (Å²) < 4.78 is 1.74. The number of carbonyl (C=O) groups is 2. The summed E-state index contributed by atoms with van der Waals surface area (Å²) in [5.74, 6) is -0.0251. The summed E-state index contributed by atoms with van der Waals surface area (Å²) in [4.78, 5) is 44.8. The van der Waals surface area contributed by atoms with E-state index in [2.05, 4.69) is 15.1 Å². The van der Waals surface area contributed by atoms with E-state index in [-0.39, 0.29) is 42.2 Å². The highest BCUT2D eigenvalue weighted by atomic mass is 16.2. The van der Waals surface area contributed by atoms with Crippen LogP contribution in [0.3, 0.4) is 0 Å². The lowest BCUT2D eigenvalue weighted by Gasteiger charge is -2.29. The number of H-pyrrole nitrogens is 1. The average Bonchev–Trinajstić information content (AvgIpc) is 2.88. The Morgan fingerprint density at radius 3 is 2.67 bits per heavy atom. The van der Waals surface area contributed by atoms with Gasteiger partial charge in [0.2, 0.25) is 11.9 Å². The van der Waals surface area contributed by atoms with Crippen molar-refractivity contribution in [2.75, 3.05) is 12.3 Å². The number of nitrogens with one attached hydrogen (secondary N) is 1. The topological polar surface area (TPSA) is 127 Å². The van der Waals surface area contributed by atoms with Gasteiger partial charge >= 0.3 is 0 Å². The molecule has 1 aliphatic rings. The molecular weight excluding hydrogens is 348 g/mol. The van der Waals surface area contributed by atoms with Crippen LogP contribution in [0.1, 0.15) is 59.3 Å². The first kappa shape index (κ1) is 18.8. The second-order valence-corrected chi connectivity index (χ2v) is 7.04. The van der Waals surface area contributed by atoms with E-state index in [1.54, 1.807) is 16.5 Å². The molecule has 0 spiro atoms. The molecule has 3 rings (SSSR count). The van der Waals surface area contributed by atoms with Gasteiger partial charge in [-0.05, 0) is 34.1 Å². The van der Waals surface area contributed by atoms with E-state index in [0.29, 0.717) is 35.5 Å². The molecule has 2 aromatic heterocycles. The highest BCUT2D eigenvalue weighted by Gasteiger charge is 2.26. The molecule has 0 saturated carbocycles. The molecule has 3 N–H and O–H groups in total. The fraction of sp³-hybridized carbons (Fsp3) is 0.500. The quantitative estimate of drug-likeness (QED) is 0.768. The van der Waals surface area contributed by atoms with E-state index in [1.165, 1.54) is 6.92 Å². The van der Waals surface area contributed by atoms with Crippen molar-refractivity contribution in [3.63, 3.8) is 0 Å². The number of aromatic nitrogens is 4.